The fourth-order valence-corrected chi connectivity index (χ4v) is 1.19. The molecular weight excluding hydrogens is 128 g/mol. The zero-order valence-corrected chi connectivity index (χ0v) is 6.73. The van der Waals surface area contributed by atoms with Crippen LogP contribution < -0.4 is 0 Å². The van der Waals surface area contributed by atoms with Gasteiger partial charge in [0.25, 0.3) is 0 Å². The van der Waals surface area contributed by atoms with E-state index in [-0.39, 0.29) is 0 Å². The lowest BCUT2D eigenvalue weighted by molar-refractivity contribution is 0.728. The van der Waals surface area contributed by atoms with Crippen LogP contribution in [0.2, 0.25) is 0 Å². The van der Waals surface area contributed by atoms with Crippen LogP contribution >= 0.6 is 12.6 Å². The molecule has 2 atom stereocenters. The van der Waals surface area contributed by atoms with Crippen molar-refractivity contribution in [2.24, 2.45) is 5.92 Å². The molecule has 1 rings (SSSR count). The Balaban J connectivity index is 2.73. The standard InChI is InChI=1S/C8H12S/c1-6-4-3-5-7(2)8(6)9/h3-6,8-9H,1-2H3. The first-order chi connectivity index (χ1) is 4.22. The van der Waals surface area contributed by atoms with Crippen LogP contribution in [0.15, 0.2) is 23.8 Å². The zero-order chi connectivity index (χ0) is 6.85. The second kappa shape index (κ2) is 2.61. The highest BCUT2D eigenvalue weighted by Crippen LogP contribution is 2.22. The van der Waals surface area contributed by atoms with Crippen molar-refractivity contribution >= 4 is 12.6 Å². The molecular formula is C8H12S. The summed E-state index contributed by atoms with van der Waals surface area (Å²) >= 11 is 4.43. The van der Waals surface area contributed by atoms with Crippen molar-refractivity contribution in [2.45, 2.75) is 19.1 Å². The number of thiol groups is 1. The average molecular weight is 140 g/mol. The van der Waals surface area contributed by atoms with Gasteiger partial charge in [-0.3, -0.25) is 0 Å². The van der Waals surface area contributed by atoms with Crippen molar-refractivity contribution in [3.63, 3.8) is 0 Å². The normalized spacial score (nSPS) is 34.3. The van der Waals surface area contributed by atoms with Crippen LogP contribution in [0.5, 0.6) is 0 Å². The fourth-order valence-electron chi connectivity index (χ4n) is 1.00. The molecule has 0 aromatic heterocycles. The number of hydrogen-bond acceptors (Lipinski definition) is 1. The molecule has 0 N–H and O–H groups in total. The molecule has 0 heterocycles. The Kier molecular flexibility index (Phi) is 2.01. The van der Waals surface area contributed by atoms with Gasteiger partial charge in [-0.25, -0.2) is 0 Å². The summed E-state index contributed by atoms with van der Waals surface area (Å²) in [7, 11) is 0. The van der Waals surface area contributed by atoms with Gasteiger partial charge in [-0.15, -0.1) is 0 Å². The van der Waals surface area contributed by atoms with Crippen LogP contribution in [0.25, 0.3) is 0 Å². The Morgan fingerprint density at radius 2 is 2.22 bits per heavy atom. The quantitative estimate of drug-likeness (QED) is 0.491. The minimum Gasteiger partial charge on any atom is -0.171 e. The molecule has 0 saturated heterocycles. The Morgan fingerprint density at radius 3 is 2.67 bits per heavy atom. The van der Waals surface area contributed by atoms with E-state index in [1.165, 1.54) is 5.57 Å². The van der Waals surface area contributed by atoms with Crippen molar-refractivity contribution in [3.05, 3.63) is 23.8 Å². The van der Waals surface area contributed by atoms with Gasteiger partial charge in [-0.2, -0.15) is 12.6 Å². The maximum absolute atomic E-state index is 4.43. The van der Waals surface area contributed by atoms with Crippen molar-refractivity contribution in [3.8, 4) is 0 Å². The summed E-state index contributed by atoms with van der Waals surface area (Å²) in [5.41, 5.74) is 1.37. The molecule has 0 aromatic carbocycles. The summed E-state index contributed by atoms with van der Waals surface area (Å²) in [6, 6.07) is 0. The van der Waals surface area contributed by atoms with Crippen LogP contribution in [-0.4, -0.2) is 5.25 Å². The molecule has 50 valence electrons. The Labute approximate surface area is 62.1 Å². The smallest absolute Gasteiger partial charge is 0.0286 e. The molecule has 1 aliphatic carbocycles. The molecule has 0 spiro atoms. The SMILES string of the molecule is CC1=CC=CC(C)C1S. The Morgan fingerprint density at radius 1 is 1.56 bits per heavy atom. The summed E-state index contributed by atoms with van der Waals surface area (Å²) < 4.78 is 0. The predicted octanol–water partition coefficient (Wildman–Crippen LogP) is 2.44. The summed E-state index contributed by atoms with van der Waals surface area (Å²) in [4.78, 5) is 0. The van der Waals surface area contributed by atoms with Crippen molar-refractivity contribution in [2.75, 3.05) is 0 Å². The van der Waals surface area contributed by atoms with Gasteiger partial charge in [0.05, 0.1) is 0 Å². The van der Waals surface area contributed by atoms with E-state index in [9.17, 15) is 0 Å². The highest BCUT2D eigenvalue weighted by Gasteiger charge is 2.13. The fraction of sp³-hybridized carbons (Fsp3) is 0.500. The molecule has 1 heteroatoms. The molecule has 0 radical (unpaired) electrons. The molecule has 0 bridgehead atoms. The molecule has 2 unspecified atom stereocenters. The van der Waals surface area contributed by atoms with E-state index >= 15 is 0 Å². The molecule has 0 fully saturated rings. The van der Waals surface area contributed by atoms with E-state index in [1.807, 2.05) is 0 Å². The molecule has 0 nitrogen and oxygen atoms in total. The van der Waals surface area contributed by atoms with E-state index in [2.05, 4.69) is 44.7 Å². The predicted molar refractivity (Wildman–Crippen MR) is 44.8 cm³/mol. The largest absolute Gasteiger partial charge is 0.171 e. The number of rotatable bonds is 0. The lowest BCUT2D eigenvalue weighted by atomic mass is 9.96. The van der Waals surface area contributed by atoms with Gasteiger partial charge in [-0.1, -0.05) is 30.7 Å². The molecule has 0 saturated carbocycles. The first-order valence-electron chi connectivity index (χ1n) is 3.25. The minimum absolute atomic E-state index is 0.440. The van der Waals surface area contributed by atoms with E-state index in [1.54, 1.807) is 0 Å². The monoisotopic (exact) mass is 140 g/mol. The average Bonchev–Trinajstić information content (AvgIpc) is 1.83. The van der Waals surface area contributed by atoms with Gasteiger partial charge < -0.3 is 0 Å². The number of allylic oxidation sites excluding steroid dienone is 3. The lowest BCUT2D eigenvalue weighted by Gasteiger charge is -2.19. The molecule has 1 aliphatic rings. The van der Waals surface area contributed by atoms with Crippen LogP contribution in [0.4, 0.5) is 0 Å². The van der Waals surface area contributed by atoms with Crippen LogP contribution in [0, 0.1) is 5.92 Å². The highest BCUT2D eigenvalue weighted by atomic mass is 32.1. The van der Waals surface area contributed by atoms with Crippen molar-refractivity contribution in [1.82, 2.24) is 0 Å². The van der Waals surface area contributed by atoms with Crippen molar-refractivity contribution in [1.29, 1.82) is 0 Å². The van der Waals surface area contributed by atoms with Gasteiger partial charge in [0, 0.05) is 5.25 Å². The molecule has 0 aliphatic heterocycles. The highest BCUT2D eigenvalue weighted by molar-refractivity contribution is 7.81. The van der Waals surface area contributed by atoms with Crippen molar-refractivity contribution < 1.29 is 0 Å². The van der Waals surface area contributed by atoms with E-state index in [4.69, 9.17) is 0 Å². The van der Waals surface area contributed by atoms with Gasteiger partial charge >= 0.3 is 0 Å². The minimum atomic E-state index is 0.440. The molecule has 9 heavy (non-hydrogen) atoms. The number of hydrogen-bond donors (Lipinski definition) is 1. The summed E-state index contributed by atoms with van der Waals surface area (Å²) in [6.07, 6.45) is 6.41. The van der Waals surface area contributed by atoms with Gasteiger partial charge in [-0.05, 0) is 12.8 Å². The van der Waals surface area contributed by atoms with Crippen LogP contribution in [0.1, 0.15) is 13.8 Å². The summed E-state index contributed by atoms with van der Waals surface area (Å²) in [5, 5.41) is 0.440. The third-order valence-electron chi connectivity index (χ3n) is 1.74. The maximum Gasteiger partial charge on any atom is 0.0286 e. The van der Waals surface area contributed by atoms with E-state index < -0.39 is 0 Å². The first kappa shape index (κ1) is 6.94. The van der Waals surface area contributed by atoms with E-state index in [0.717, 1.165) is 0 Å². The summed E-state index contributed by atoms with van der Waals surface area (Å²) in [5.74, 6) is 0.596. The second-order valence-corrected chi connectivity index (χ2v) is 3.16. The van der Waals surface area contributed by atoms with Crippen LogP contribution in [-0.2, 0) is 0 Å². The van der Waals surface area contributed by atoms with Gasteiger partial charge in [0.2, 0.25) is 0 Å². The topological polar surface area (TPSA) is 0 Å². The first-order valence-corrected chi connectivity index (χ1v) is 3.76. The second-order valence-electron chi connectivity index (χ2n) is 2.60. The van der Waals surface area contributed by atoms with E-state index in [0.29, 0.717) is 11.2 Å². The van der Waals surface area contributed by atoms with Gasteiger partial charge in [0.1, 0.15) is 0 Å². The zero-order valence-electron chi connectivity index (χ0n) is 5.83. The third-order valence-corrected chi connectivity index (χ3v) is 2.62. The molecule has 0 amide bonds. The lowest BCUT2D eigenvalue weighted by Crippen LogP contribution is -2.12. The molecule has 0 aromatic rings. The maximum atomic E-state index is 4.43. The Hall–Kier alpha value is -0.170. The van der Waals surface area contributed by atoms with Crippen LogP contribution in [0.3, 0.4) is 0 Å². The van der Waals surface area contributed by atoms with Gasteiger partial charge in [0.15, 0.2) is 0 Å². The summed E-state index contributed by atoms with van der Waals surface area (Å²) in [6.45, 7) is 4.31. The third kappa shape index (κ3) is 1.39. The Bertz CT molecular complexity index is 156.